The molecule has 1 atom stereocenters. The van der Waals surface area contributed by atoms with E-state index in [2.05, 4.69) is 5.32 Å². The minimum absolute atomic E-state index is 0.0634. The average molecular weight is 458 g/mol. The molecule has 0 saturated heterocycles. The van der Waals surface area contributed by atoms with E-state index in [1.807, 2.05) is 6.92 Å². The standard InChI is InChI=1S/C22H23ClF3NO2S/c1-2-3-10-21(11-12-21)20(28)27-17-8-9-19(18(13-17)22(24,25)26)30(29)14-15-4-6-16(23)7-5-15/h4-9,13H,2-3,10-12,14H2,1H3,(H,27,28). The van der Waals surface area contributed by atoms with Crippen LogP contribution >= 0.6 is 11.6 Å². The van der Waals surface area contributed by atoms with E-state index in [1.54, 1.807) is 24.3 Å². The number of unbranched alkanes of at least 4 members (excludes halogenated alkanes) is 1. The Bertz CT molecular complexity index is 898. The van der Waals surface area contributed by atoms with Gasteiger partial charge in [-0.15, -0.1) is 0 Å². The number of benzene rings is 2. The molecule has 0 radical (unpaired) electrons. The molecule has 8 heteroatoms. The number of amides is 1. The van der Waals surface area contributed by atoms with Crippen LogP contribution in [-0.4, -0.2) is 10.5 Å². The van der Waals surface area contributed by atoms with Gasteiger partial charge >= 0.3 is 6.18 Å². The van der Waals surface area contributed by atoms with E-state index in [0.29, 0.717) is 10.6 Å². The Labute approximate surface area is 182 Å². The van der Waals surface area contributed by atoms with Crippen LogP contribution in [0.4, 0.5) is 18.9 Å². The van der Waals surface area contributed by atoms with Crippen LogP contribution in [0.1, 0.15) is 50.2 Å². The summed E-state index contributed by atoms with van der Waals surface area (Å²) in [7, 11) is 0. The van der Waals surface area contributed by atoms with Crippen molar-refractivity contribution in [1.82, 2.24) is 0 Å². The molecule has 1 aliphatic carbocycles. The van der Waals surface area contributed by atoms with Gasteiger partial charge in [-0.2, -0.15) is 13.2 Å². The Morgan fingerprint density at radius 2 is 1.87 bits per heavy atom. The van der Waals surface area contributed by atoms with Crippen molar-refractivity contribution in [1.29, 1.82) is 0 Å². The second kappa shape index (κ2) is 9.20. The first-order chi connectivity index (χ1) is 14.1. The topological polar surface area (TPSA) is 52.2 Å². The molecule has 0 bridgehead atoms. The number of hydrogen-bond acceptors (Lipinski definition) is 2. The predicted octanol–water partition coefficient (Wildman–Crippen LogP) is 6.58. The summed E-state index contributed by atoms with van der Waals surface area (Å²) < 4.78 is 53.7. The summed E-state index contributed by atoms with van der Waals surface area (Å²) in [4.78, 5) is 12.3. The molecule has 3 rings (SSSR count). The lowest BCUT2D eigenvalue weighted by molar-refractivity contribution is -0.139. The van der Waals surface area contributed by atoms with Crippen molar-refractivity contribution in [3.05, 3.63) is 58.6 Å². The number of hydrogen-bond donors (Lipinski definition) is 1. The largest absolute Gasteiger partial charge is 0.611 e. The molecule has 1 saturated carbocycles. The van der Waals surface area contributed by atoms with Crippen LogP contribution in [0.2, 0.25) is 5.02 Å². The zero-order valence-electron chi connectivity index (χ0n) is 16.5. The molecule has 162 valence electrons. The van der Waals surface area contributed by atoms with Crippen LogP contribution in [0.25, 0.3) is 0 Å². The fourth-order valence-corrected chi connectivity index (χ4v) is 4.77. The highest BCUT2D eigenvalue weighted by atomic mass is 35.5. The van der Waals surface area contributed by atoms with Crippen molar-refractivity contribution in [3.63, 3.8) is 0 Å². The van der Waals surface area contributed by atoms with Gasteiger partial charge in [0, 0.05) is 21.7 Å². The zero-order valence-corrected chi connectivity index (χ0v) is 18.1. The number of carbonyl (C=O) groups is 1. The maximum Gasteiger partial charge on any atom is 0.421 e. The van der Waals surface area contributed by atoms with Crippen molar-refractivity contribution in [2.45, 2.75) is 55.9 Å². The van der Waals surface area contributed by atoms with Crippen molar-refractivity contribution in [3.8, 4) is 0 Å². The predicted molar refractivity (Wildman–Crippen MR) is 113 cm³/mol. The quantitative estimate of drug-likeness (QED) is 0.455. The molecule has 3 nitrogen and oxygen atoms in total. The number of nitrogens with one attached hydrogen (secondary N) is 1. The molecule has 1 N–H and O–H groups in total. The molecule has 1 aliphatic rings. The van der Waals surface area contributed by atoms with E-state index < -0.39 is 28.3 Å². The first-order valence-electron chi connectivity index (χ1n) is 9.80. The average Bonchev–Trinajstić information content (AvgIpc) is 3.48. The Hall–Kier alpha value is -1.70. The molecular formula is C22H23ClF3NO2S. The lowest BCUT2D eigenvalue weighted by atomic mass is 9.98. The molecule has 1 fully saturated rings. The monoisotopic (exact) mass is 457 g/mol. The summed E-state index contributed by atoms with van der Waals surface area (Å²) in [5, 5.41) is 3.13. The molecule has 0 spiro atoms. The number of halogens is 4. The Balaban J connectivity index is 1.80. The molecule has 30 heavy (non-hydrogen) atoms. The number of rotatable bonds is 8. The maximum absolute atomic E-state index is 13.7. The van der Waals surface area contributed by atoms with Crippen molar-refractivity contribution in [2.75, 3.05) is 5.32 Å². The van der Waals surface area contributed by atoms with Gasteiger partial charge in [-0.1, -0.05) is 43.5 Å². The van der Waals surface area contributed by atoms with Crippen LogP contribution < -0.4 is 5.32 Å². The molecule has 0 aliphatic heterocycles. The van der Waals surface area contributed by atoms with Gasteiger partial charge in [-0.05, 0) is 60.8 Å². The van der Waals surface area contributed by atoms with Gasteiger partial charge in [0.2, 0.25) is 5.91 Å². The van der Waals surface area contributed by atoms with E-state index in [9.17, 15) is 22.5 Å². The van der Waals surface area contributed by atoms with Gasteiger partial charge in [0.15, 0.2) is 4.90 Å². The van der Waals surface area contributed by atoms with Crippen molar-refractivity contribution < 1.29 is 22.5 Å². The molecule has 2 aromatic carbocycles. The summed E-state index contributed by atoms with van der Waals surface area (Å²) in [6.07, 6.45) is -0.566. The van der Waals surface area contributed by atoms with E-state index >= 15 is 0 Å². The number of anilines is 1. The molecule has 1 unspecified atom stereocenters. The van der Waals surface area contributed by atoms with Crippen LogP contribution in [-0.2, 0) is 27.9 Å². The van der Waals surface area contributed by atoms with Gasteiger partial charge in [-0.3, -0.25) is 4.79 Å². The molecule has 0 aromatic heterocycles. The minimum Gasteiger partial charge on any atom is -0.611 e. The van der Waals surface area contributed by atoms with Crippen LogP contribution in [0, 0.1) is 5.41 Å². The number of alkyl halides is 3. The van der Waals surface area contributed by atoms with Crippen LogP contribution in [0.5, 0.6) is 0 Å². The maximum atomic E-state index is 13.7. The van der Waals surface area contributed by atoms with Crippen LogP contribution in [0.15, 0.2) is 47.4 Å². The first-order valence-corrected chi connectivity index (χ1v) is 11.5. The van der Waals surface area contributed by atoms with Crippen molar-refractivity contribution >= 4 is 34.4 Å². The highest BCUT2D eigenvalue weighted by Gasteiger charge is 2.49. The second-order valence-electron chi connectivity index (χ2n) is 7.66. The fourth-order valence-electron chi connectivity index (χ4n) is 3.36. The second-order valence-corrected chi connectivity index (χ2v) is 9.52. The lowest BCUT2D eigenvalue weighted by Gasteiger charge is -2.19. The van der Waals surface area contributed by atoms with Gasteiger partial charge in [0.1, 0.15) is 11.3 Å². The Kier molecular flexibility index (Phi) is 7.05. The SMILES string of the molecule is CCCCC1(C(=O)Nc2ccc([S+]([O-])Cc3ccc(Cl)cc3)c(C(F)(F)F)c2)CC1. The summed E-state index contributed by atoms with van der Waals surface area (Å²) in [5.41, 5.74) is -0.757. The summed E-state index contributed by atoms with van der Waals surface area (Å²) in [5.74, 6) is -0.300. The minimum atomic E-state index is -4.69. The zero-order chi connectivity index (χ0) is 21.9. The van der Waals surface area contributed by atoms with Gasteiger partial charge in [-0.25, -0.2) is 0 Å². The summed E-state index contributed by atoms with van der Waals surface area (Å²) in [6.45, 7) is 2.03. The Morgan fingerprint density at radius 1 is 1.20 bits per heavy atom. The third-order valence-corrected chi connectivity index (χ3v) is 7.04. The molecular weight excluding hydrogens is 435 g/mol. The number of carbonyl (C=O) groups excluding carboxylic acids is 1. The van der Waals surface area contributed by atoms with Crippen LogP contribution in [0.3, 0.4) is 0 Å². The third kappa shape index (κ3) is 5.50. The molecule has 0 heterocycles. The van der Waals surface area contributed by atoms with E-state index in [4.69, 9.17) is 11.6 Å². The van der Waals surface area contributed by atoms with Gasteiger partial charge in [0.05, 0.1) is 0 Å². The molecule has 1 amide bonds. The van der Waals surface area contributed by atoms with E-state index in [-0.39, 0.29) is 22.2 Å². The van der Waals surface area contributed by atoms with Gasteiger partial charge in [0.25, 0.3) is 0 Å². The highest BCUT2D eigenvalue weighted by Crippen LogP contribution is 2.50. The third-order valence-electron chi connectivity index (χ3n) is 5.34. The Morgan fingerprint density at radius 3 is 2.43 bits per heavy atom. The summed E-state index contributed by atoms with van der Waals surface area (Å²) >= 11 is 3.91. The molecule has 2 aromatic rings. The normalized spacial score (nSPS) is 16.2. The summed E-state index contributed by atoms with van der Waals surface area (Å²) in [6, 6.07) is 9.92. The van der Waals surface area contributed by atoms with Gasteiger partial charge < -0.3 is 9.87 Å². The smallest absolute Gasteiger partial charge is 0.421 e. The highest BCUT2D eigenvalue weighted by molar-refractivity contribution is 7.90. The fraction of sp³-hybridized carbons (Fsp3) is 0.409. The van der Waals surface area contributed by atoms with Crippen molar-refractivity contribution in [2.24, 2.45) is 5.41 Å². The van der Waals surface area contributed by atoms with E-state index in [0.717, 1.165) is 38.2 Å². The lowest BCUT2D eigenvalue weighted by Crippen LogP contribution is -2.24. The first kappa shape index (κ1) is 23.0. The van der Waals surface area contributed by atoms with E-state index in [1.165, 1.54) is 12.1 Å².